The normalized spacial score (nSPS) is 13.8. The predicted octanol–water partition coefficient (Wildman–Crippen LogP) is 2.77. The zero-order valence-corrected chi connectivity index (χ0v) is 11.8. The topological polar surface area (TPSA) is 57.8 Å². The summed E-state index contributed by atoms with van der Waals surface area (Å²) in [4.78, 5) is 19.2. The third-order valence-electron chi connectivity index (χ3n) is 2.79. The minimum atomic E-state index is -0.183. The van der Waals surface area contributed by atoms with Gasteiger partial charge in [0.1, 0.15) is 0 Å². The van der Waals surface area contributed by atoms with Crippen molar-refractivity contribution in [1.29, 1.82) is 0 Å². The number of amides is 1. The average molecular weight is 275 g/mol. The fourth-order valence-corrected chi connectivity index (χ4v) is 2.46. The zero-order valence-electron chi connectivity index (χ0n) is 11.0. The van der Waals surface area contributed by atoms with Gasteiger partial charge in [-0.2, -0.15) is 0 Å². The van der Waals surface area contributed by atoms with Crippen molar-refractivity contribution in [3.63, 3.8) is 0 Å². The number of imidazole rings is 1. The smallest absolute Gasteiger partial charge is 0.233 e. The molecule has 0 radical (unpaired) electrons. The number of hydrogen-bond acceptors (Lipinski definition) is 3. The van der Waals surface area contributed by atoms with Crippen molar-refractivity contribution < 1.29 is 4.79 Å². The van der Waals surface area contributed by atoms with Gasteiger partial charge in [0.2, 0.25) is 5.91 Å². The fourth-order valence-electron chi connectivity index (χ4n) is 1.69. The van der Waals surface area contributed by atoms with Crippen molar-refractivity contribution in [2.24, 2.45) is 0 Å². The summed E-state index contributed by atoms with van der Waals surface area (Å²) in [5.74, 6) is 0.0118. The number of benzene rings is 1. The Morgan fingerprint density at radius 1 is 1.32 bits per heavy atom. The molecule has 1 heterocycles. The van der Waals surface area contributed by atoms with E-state index in [4.69, 9.17) is 0 Å². The van der Waals surface area contributed by atoms with Crippen molar-refractivity contribution >= 4 is 17.7 Å². The Morgan fingerprint density at radius 2 is 2.05 bits per heavy atom. The number of thioether (sulfide) groups is 1. The minimum Gasteiger partial charge on any atom is -0.349 e. The van der Waals surface area contributed by atoms with Gasteiger partial charge in [-0.1, -0.05) is 42.1 Å². The second kappa shape index (κ2) is 6.43. The molecule has 0 saturated heterocycles. The summed E-state index contributed by atoms with van der Waals surface area (Å²) in [6.45, 7) is 3.86. The monoisotopic (exact) mass is 275 g/mol. The van der Waals surface area contributed by atoms with Crippen LogP contribution in [0.4, 0.5) is 0 Å². The molecule has 1 aromatic heterocycles. The fraction of sp³-hybridized carbons (Fsp3) is 0.286. The first-order chi connectivity index (χ1) is 9.16. The average Bonchev–Trinajstić information content (AvgIpc) is 2.92. The number of carbonyl (C=O) groups excluding carboxylic acids is 1. The van der Waals surface area contributed by atoms with E-state index >= 15 is 0 Å². The Bertz CT molecular complexity index is 513. The third kappa shape index (κ3) is 3.86. The van der Waals surface area contributed by atoms with Crippen LogP contribution in [0.3, 0.4) is 0 Å². The number of aromatic amines is 1. The van der Waals surface area contributed by atoms with Crippen molar-refractivity contribution in [2.75, 3.05) is 0 Å². The van der Waals surface area contributed by atoms with Crippen LogP contribution in [0.2, 0.25) is 0 Å². The summed E-state index contributed by atoms with van der Waals surface area (Å²) >= 11 is 1.42. The van der Waals surface area contributed by atoms with Crippen LogP contribution in [0.15, 0.2) is 47.9 Å². The summed E-state index contributed by atoms with van der Waals surface area (Å²) in [6.07, 6.45) is 3.43. The van der Waals surface area contributed by atoms with Crippen LogP contribution in [-0.2, 0) is 4.79 Å². The molecule has 0 spiro atoms. The molecular weight excluding hydrogens is 258 g/mol. The van der Waals surface area contributed by atoms with Gasteiger partial charge in [0.15, 0.2) is 5.16 Å². The highest BCUT2D eigenvalue weighted by molar-refractivity contribution is 8.00. The van der Waals surface area contributed by atoms with E-state index in [9.17, 15) is 4.79 Å². The van der Waals surface area contributed by atoms with E-state index in [2.05, 4.69) is 15.3 Å². The number of rotatable bonds is 5. The molecule has 5 heteroatoms. The molecule has 2 N–H and O–H groups in total. The Labute approximate surface area is 117 Å². The molecule has 0 fully saturated rings. The summed E-state index contributed by atoms with van der Waals surface area (Å²) in [6, 6.07) is 9.93. The van der Waals surface area contributed by atoms with Crippen LogP contribution >= 0.6 is 11.8 Å². The van der Waals surface area contributed by atoms with Crippen LogP contribution in [0.5, 0.6) is 0 Å². The maximum absolute atomic E-state index is 12.1. The molecule has 0 bridgehead atoms. The summed E-state index contributed by atoms with van der Waals surface area (Å²) < 4.78 is 0. The first kappa shape index (κ1) is 13.7. The summed E-state index contributed by atoms with van der Waals surface area (Å²) in [5.41, 5.74) is 1.10. The molecular formula is C14H17N3OS. The minimum absolute atomic E-state index is 0.00773. The maximum Gasteiger partial charge on any atom is 0.233 e. The molecule has 0 aliphatic carbocycles. The SMILES string of the molecule is C[C@@H](Sc1ncc[nH]1)C(=O)N[C@H](C)c1ccccc1. The highest BCUT2D eigenvalue weighted by Gasteiger charge is 2.17. The standard InChI is InChI=1S/C14H17N3OS/c1-10(12-6-4-3-5-7-12)17-13(18)11(2)19-14-15-8-9-16-14/h3-11H,1-2H3,(H,15,16)(H,17,18)/t10-,11-/m1/s1. The van der Waals surface area contributed by atoms with Crippen LogP contribution < -0.4 is 5.32 Å². The van der Waals surface area contributed by atoms with E-state index in [-0.39, 0.29) is 17.2 Å². The Balaban J connectivity index is 1.90. The van der Waals surface area contributed by atoms with Gasteiger partial charge in [0.05, 0.1) is 11.3 Å². The van der Waals surface area contributed by atoms with Gasteiger partial charge >= 0.3 is 0 Å². The number of nitrogens with one attached hydrogen (secondary N) is 2. The van der Waals surface area contributed by atoms with E-state index in [1.54, 1.807) is 12.4 Å². The van der Waals surface area contributed by atoms with Crippen LogP contribution in [-0.4, -0.2) is 21.1 Å². The molecule has 0 aliphatic rings. The van der Waals surface area contributed by atoms with Crippen molar-refractivity contribution in [1.82, 2.24) is 15.3 Å². The molecule has 19 heavy (non-hydrogen) atoms. The van der Waals surface area contributed by atoms with Crippen molar-refractivity contribution in [3.05, 3.63) is 48.3 Å². The molecule has 0 saturated carbocycles. The first-order valence-corrected chi connectivity index (χ1v) is 7.06. The number of H-pyrrole nitrogens is 1. The van der Waals surface area contributed by atoms with Gasteiger partial charge < -0.3 is 10.3 Å². The first-order valence-electron chi connectivity index (χ1n) is 6.18. The van der Waals surface area contributed by atoms with E-state index in [1.165, 1.54) is 11.8 Å². The summed E-state index contributed by atoms with van der Waals surface area (Å²) in [5, 5.41) is 3.58. The Hall–Kier alpha value is -1.75. The Morgan fingerprint density at radius 3 is 2.68 bits per heavy atom. The largest absolute Gasteiger partial charge is 0.349 e. The molecule has 1 aromatic carbocycles. The van der Waals surface area contributed by atoms with Crippen LogP contribution in [0, 0.1) is 0 Å². The van der Waals surface area contributed by atoms with Crippen LogP contribution in [0.25, 0.3) is 0 Å². The summed E-state index contributed by atoms with van der Waals surface area (Å²) in [7, 11) is 0. The molecule has 0 unspecified atom stereocenters. The maximum atomic E-state index is 12.1. The lowest BCUT2D eigenvalue weighted by Gasteiger charge is -2.17. The van der Waals surface area contributed by atoms with Crippen LogP contribution in [0.1, 0.15) is 25.5 Å². The molecule has 100 valence electrons. The van der Waals surface area contributed by atoms with Crippen molar-refractivity contribution in [2.45, 2.75) is 30.3 Å². The molecule has 1 amide bonds. The third-order valence-corrected chi connectivity index (χ3v) is 3.80. The van der Waals surface area contributed by atoms with E-state index in [0.29, 0.717) is 0 Å². The zero-order chi connectivity index (χ0) is 13.7. The Kier molecular flexibility index (Phi) is 4.63. The van der Waals surface area contributed by atoms with Gasteiger partial charge in [-0.25, -0.2) is 4.98 Å². The van der Waals surface area contributed by atoms with Gasteiger partial charge in [-0.05, 0) is 19.4 Å². The number of aromatic nitrogens is 2. The van der Waals surface area contributed by atoms with Gasteiger partial charge in [-0.15, -0.1) is 0 Å². The molecule has 2 rings (SSSR count). The molecule has 2 aromatic rings. The number of hydrogen-bond donors (Lipinski definition) is 2. The van der Waals surface area contributed by atoms with Crippen molar-refractivity contribution in [3.8, 4) is 0 Å². The highest BCUT2D eigenvalue weighted by Crippen LogP contribution is 2.20. The van der Waals surface area contributed by atoms with Gasteiger partial charge in [0, 0.05) is 12.4 Å². The van der Waals surface area contributed by atoms with Gasteiger partial charge in [-0.3, -0.25) is 4.79 Å². The second-order valence-electron chi connectivity index (χ2n) is 4.30. The molecule has 2 atom stereocenters. The lowest BCUT2D eigenvalue weighted by atomic mass is 10.1. The lowest BCUT2D eigenvalue weighted by molar-refractivity contribution is -0.120. The second-order valence-corrected chi connectivity index (χ2v) is 5.62. The quantitative estimate of drug-likeness (QED) is 0.825. The number of carbonyl (C=O) groups is 1. The van der Waals surface area contributed by atoms with E-state index in [1.807, 2.05) is 44.2 Å². The molecule has 4 nitrogen and oxygen atoms in total. The lowest BCUT2D eigenvalue weighted by Crippen LogP contribution is -2.33. The number of nitrogens with zero attached hydrogens (tertiary/aromatic N) is 1. The highest BCUT2D eigenvalue weighted by atomic mass is 32.2. The predicted molar refractivity (Wildman–Crippen MR) is 76.9 cm³/mol. The van der Waals surface area contributed by atoms with E-state index < -0.39 is 0 Å². The van der Waals surface area contributed by atoms with Gasteiger partial charge in [0.25, 0.3) is 0 Å². The van der Waals surface area contributed by atoms with E-state index in [0.717, 1.165) is 10.7 Å². The molecule has 0 aliphatic heterocycles.